The minimum absolute atomic E-state index is 0.158. The van der Waals surface area contributed by atoms with Gasteiger partial charge in [-0.25, -0.2) is 0 Å². The summed E-state index contributed by atoms with van der Waals surface area (Å²) in [6.07, 6.45) is 25.0. The van der Waals surface area contributed by atoms with Gasteiger partial charge in [-0.2, -0.15) is 0 Å². The summed E-state index contributed by atoms with van der Waals surface area (Å²) in [6.45, 7) is 0. The zero-order valence-corrected chi connectivity index (χ0v) is 30.7. The van der Waals surface area contributed by atoms with E-state index in [0.717, 1.165) is 0 Å². The van der Waals surface area contributed by atoms with Crippen molar-refractivity contribution in [2.75, 3.05) is 18.2 Å². The molecule has 0 aromatic heterocycles. The molecule has 4 aromatic carbocycles. The fourth-order valence-electron chi connectivity index (χ4n) is 8.84. The molecule has 2 unspecified atom stereocenters. The number of benzene rings is 4. The Morgan fingerprint density at radius 3 is 0.936 bits per heavy atom. The topological polar surface area (TPSA) is 0 Å². The summed E-state index contributed by atoms with van der Waals surface area (Å²) in [5.41, 5.74) is 6.27. The van der Waals surface area contributed by atoms with Crippen molar-refractivity contribution >= 4 is 15.8 Å². The summed E-state index contributed by atoms with van der Waals surface area (Å²) in [7, 11) is -0.317. The Labute approximate surface area is 289 Å². The van der Waals surface area contributed by atoms with Crippen LogP contribution in [0.15, 0.2) is 121 Å². The Kier molecular flexibility index (Phi) is 13.2. The van der Waals surface area contributed by atoms with Crippen LogP contribution in [0.1, 0.15) is 99.3 Å². The van der Waals surface area contributed by atoms with E-state index in [1.165, 1.54) is 121 Å². The summed E-state index contributed by atoms with van der Waals surface area (Å²) < 4.78 is 0. The first-order valence-corrected chi connectivity index (χ1v) is 22.3. The van der Waals surface area contributed by atoms with Crippen LogP contribution in [0.25, 0.3) is 0 Å². The van der Waals surface area contributed by atoms with Crippen molar-refractivity contribution in [3.8, 4) is 0 Å². The van der Waals surface area contributed by atoms with Gasteiger partial charge in [-0.3, -0.25) is 0 Å². The predicted molar refractivity (Wildman–Crippen MR) is 210 cm³/mol. The van der Waals surface area contributed by atoms with Crippen LogP contribution in [0.5, 0.6) is 0 Å². The van der Waals surface area contributed by atoms with E-state index < -0.39 is 0 Å². The highest BCUT2D eigenvalue weighted by Gasteiger charge is 2.44. The number of rotatable bonds is 10. The standard InChI is InChI=1S/C45H58P2/c1-3-19-31-44(35-40-23-11-7-12-24-40,36-41-25-13-8-14-26-41)46(33-21-5-1)39-47-34-22-6-2-4-20-32-45(47,37-42-27-15-9-16-28-42)38-43-29-17-10-18-30-43/h7-18,23-30H,1-6,19-22,31-39H2. The lowest BCUT2D eigenvalue weighted by atomic mass is 9.87. The molecular weight excluding hydrogens is 602 g/mol. The fraction of sp³-hybridized carbons (Fsp3) is 0.467. The molecule has 2 heterocycles. The Balaban J connectivity index is 1.44. The van der Waals surface area contributed by atoms with Crippen LogP contribution < -0.4 is 0 Å². The Morgan fingerprint density at radius 1 is 0.340 bits per heavy atom. The SMILES string of the molecule is c1ccc(CC2(Cc3ccccc3)CCCCCCCP2CP2CCCCCCCC2(Cc2ccccc2)Cc2ccccc2)cc1. The van der Waals surface area contributed by atoms with Crippen molar-refractivity contribution in [2.24, 2.45) is 0 Å². The minimum atomic E-state index is -0.158. The number of hydrogen-bond acceptors (Lipinski definition) is 0. The highest BCUT2D eigenvalue weighted by Crippen LogP contribution is 2.68. The molecule has 2 aliphatic rings. The molecule has 0 spiro atoms. The second-order valence-corrected chi connectivity index (χ2v) is 20.9. The van der Waals surface area contributed by atoms with Crippen LogP contribution in [-0.2, 0) is 25.7 Å². The molecule has 0 radical (unpaired) electrons. The summed E-state index contributed by atoms with van der Waals surface area (Å²) in [5.74, 6) is 1.52. The first-order valence-electron chi connectivity index (χ1n) is 18.9. The maximum absolute atomic E-state index is 2.44. The molecule has 2 fully saturated rings. The van der Waals surface area contributed by atoms with E-state index in [9.17, 15) is 0 Å². The number of hydrogen-bond donors (Lipinski definition) is 0. The van der Waals surface area contributed by atoms with Gasteiger partial charge in [0.2, 0.25) is 0 Å². The lowest BCUT2D eigenvalue weighted by molar-refractivity contribution is 0.484. The van der Waals surface area contributed by atoms with Crippen molar-refractivity contribution in [3.63, 3.8) is 0 Å². The molecule has 0 saturated carbocycles. The van der Waals surface area contributed by atoms with Gasteiger partial charge in [-0.15, -0.1) is 0 Å². The third-order valence-corrected chi connectivity index (χ3v) is 19.5. The average molecular weight is 661 g/mol. The lowest BCUT2D eigenvalue weighted by Crippen LogP contribution is -2.38. The molecule has 2 saturated heterocycles. The molecule has 248 valence electrons. The van der Waals surface area contributed by atoms with Crippen molar-refractivity contribution in [3.05, 3.63) is 144 Å². The highest BCUT2D eigenvalue weighted by molar-refractivity contribution is 7.76. The second kappa shape index (κ2) is 17.9. The Hall–Kier alpha value is -2.26. The van der Waals surface area contributed by atoms with E-state index >= 15 is 0 Å². The van der Waals surface area contributed by atoms with Crippen LogP contribution in [0.3, 0.4) is 0 Å². The van der Waals surface area contributed by atoms with Gasteiger partial charge in [0.05, 0.1) is 0 Å². The zero-order chi connectivity index (χ0) is 32.0. The molecule has 47 heavy (non-hydrogen) atoms. The molecule has 0 nitrogen and oxygen atoms in total. The van der Waals surface area contributed by atoms with Crippen molar-refractivity contribution in [1.29, 1.82) is 0 Å². The second-order valence-electron chi connectivity index (χ2n) is 14.8. The predicted octanol–water partition coefficient (Wildman–Crippen LogP) is 13.1. The quantitative estimate of drug-likeness (QED) is 0.149. The maximum Gasteiger partial charge on any atom is -0.00106 e. The molecule has 2 atom stereocenters. The van der Waals surface area contributed by atoms with Gasteiger partial charge in [0.15, 0.2) is 0 Å². The summed E-state index contributed by atoms with van der Waals surface area (Å²) >= 11 is 0. The normalized spacial score (nSPS) is 22.0. The first-order chi connectivity index (χ1) is 23.2. The minimum Gasteiger partial charge on any atom is -0.0953 e. The van der Waals surface area contributed by atoms with Crippen LogP contribution >= 0.6 is 15.8 Å². The van der Waals surface area contributed by atoms with Gasteiger partial charge in [0, 0.05) is 0 Å². The molecular formula is C45H58P2. The zero-order valence-electron chi connectivity index (χ0n) is 28.9. The van der Waals surface area contributed by atoms with Gasteiger partial charge < -0.3 is 0 Å². The van der Waals surface area contributed by atoms with Crippen molar-refractivity contribution < 1.29 is 0 Å². The van der Waals surface area contributed by atoms with Crippen LogP contribution in [-0.4, -0.2) is 28.5 Å². The van der Waals surface area contributed by atoms with Crippen molar-refractivity contribution in [2.45, 2.75) is 113 Å². The van der Waals surface area contributed by atoms with E-state index in [-0.39, 0.29) is 15.8 Å². The smallest absolute Gasteiger partial charge is 0.00106 e. The lowest BCUT2D eigenvalue weighted by Gasteiger charge is -2.49. The third-order valence-electron chi connectivity index (χ3n) is 11.3. The van der Waals surface area contributed by atoms with E-state index in [1.807, 2.05) is 0 Å². The van der Waals surface area contributed by atoms with E-state index in [4.69, 9.17) is 0 Å². The highest BCUT2D eigenvalue weighted by atomic mass is 31.2. The molecule has 2 heteroatoms. The molecule has 6 rings (SSSR count). The van der Waals surface area contributed by atoms with Gasteiger partial charge in [0.25, 0.3) is 0 Å². The van der Waals surface area contributed by atoms with Crippen molar-refractivity contribution in [1.82, 2.24) is 0 Å². The third kappa shape index (κ3) is 9.90. The monoisotopic (exact) mass is 660 g/mol. The van der Waals surface area contributed by atoms with Gasteiger partial charge >= 0.3 is 0 Å². The Bertz CT molecular complexity index is 1220. The van der Waals surface area contributed by atoms with Crippen LogP contribution in [0.2, 0.25) is 0 Å². The molecule has 0 amide bonds. The molecule has 0 N–H and O–H groups in total. The summed E-state index contributed by atoms with van der Waals surface area (Å²) in [6, 6.07) is 46.6. The fourth-order valence-corrected chi connectivity index (χ4v) is 18.8. The van der Waals surface area contributed by atoms with Gasteiger partial charge in [-0.1, -0.05) is 189 Å². The van der Waals surface area contributed by atoms with E-state index in [2.05, 4.69) is 121 Å². The van der Waals surface area contributed by atoms with Crippen LogP contribution in [0, 0.1) is 0 Å². The largest absolute Gasteiger partial charge is 0.0953 e. The van der Waals surface area contributed by atoms with Gasteiger partial charge in [0.1, 0.15) is 0 Å². The van der Waals surface area contributed by atoms with Gasteiger partial charge in [-0.05, 0) is 102 Å². The molecule has 0 aliphatic carbocycles. The Morgan fingerprint density at radius 2 is 0.617 bits per heavy atom. The van der Waals surface area contributed by atoms with E-state index in [1.54, 1.807) is 22.3 Å². The first kappa shape index (κ1) is 34.6. The average Bonchev–Trinajstić information content (AvgIpc) is 3.26. The maximum atomic E-state index is 2.44. The summed E-state index contributed by atoms with van der Waals surface area (Å²) in [4.78, 5) is 0. The summed E-state index contributed by atoms with van der Waals surface area (Å²) in [5, 5.41) is 0.739. The van der Waals surface area contributed by atoms with E-state index in [0.29, 0.717) is 10.3 Å². The van der Waals surface area contributed by atoms with Crippen LogP contribution in [0.4, 0.5) is 0 Å². The molecule has 2 aliphatic heterocycles. The molecule has 0 bridgehead atoms. The molecule has 4 aromatic rings.